The van der Waals surface area contributed by atoms with Crippen LogP contribution in [0.1, 0.15) is 15.9 Å². The second-order valence-corrected chi connectivity index (χ2v) is 7.57. The van der Waals surface area contributed by atoms with Crippen molar-refractivity contribution in [3.8, 4) is 16.9 Å². The lowest BCUT2D eigenvalue weighted by Crippen LogP contribution is -2.21. The number of amides is 1. The van der Waals surface area contributed by atoms with Gasteiger partial charge >= 0.3 is 5.97 Å². The molecule has 0 radical (unpaired) electrons. The molecule has 29 heavy (non-hydrogen) atoms. The lowest BCUT2D eigenvalue weighted by atomic mass is 10.0. The molecule has 1 aliphatic heterocycles. The van der Waals surface area contributed by atoms with Crippen molar-refractivity contribution in [2.45, 2.75) is 0 Å². The number of hydrogen-bond donors (Lipinski definition) is 2. The van der Waals surface area contributed by atoms with E-state index in [9.17, 15) is 14.7 Å². The van der Waals surface area contributed by atoms with E-state index in [1.807, 2.05) is 12.1 Å². The molecule has 2 N–H and O–H groups in total. The van der Waals surface area contributed by atoms with E-state index in [-0.39, 0.29) is 16.3 Å². The Bertz CT molecular complexity index is 1180. The Morgan fingerprint density at radius 1 is 1.07 bits per heavy atom. The van der Waals surface area contributed by atoms with E-state index in [0.717, 1.165) is 16.9 Å². The number of fused-ring (bicyclic) bond motifs is 1. The summed E-state index contributed by atoms with van der Waals surface area (Å²) in [7, 11) is 0. The summed E-state index contributed by atoms with van der Waals surface area (Å²) in [5.74, 6) is -1.12. The Balaban J connectivity index is 1.63. The first-order valence-electron chi connectivity index (χ1n) is 8.54. The van der Waals surface area contributed by atoms with Gasteiger partial charge in [0.05, 0.1) is 0 Å². The number of hydrogen-bond acceptors (Lipinski definition) is 4. The van der Waals surface area contributed by atoms with Gasteiger partial charge in [-0.05, 0) is 35.4 Å². The smallest absolute Gasteiger partial charge is 0.339 e. The lowest BCUT2D eigenvalue weighted by molar-refractivity contribution is -0.114. The van der Waals surface area contributed by atoms with Crippen molar-refractivity contribution in [1.29, 1.82) is 0 Å². The van der Waals surface area contributed by atoms with Crippen molar-refractivity contribution < 1.29 is 19.4 Å². The van der Waals surface area contributed by atoms with Crippen LogP contribution in [-0.2, 0) is 4.79 Å². The number of nitrogens with one attached hydrogen (secondary N) is 1. The average molecular weight is 424 g/mol. The maximum atomic E-state index is 12.7. The predicted octanol–water partition coefficient (Wildman–Crippen LogP) is 5.69. The summed E-state index contributed by atoms with van der Waals surface area (Å²) < 4.78 is 5.67. The molecule has 1 amide bonds. The first-order chi connectivity index (χ1) is 13.9. The van der Waals surface area contributed by atoms with E-state index in [0.29, 0.717) is 27.5 Å². The number of rotatable bonds is 4. The number of carbonyl (C=O) groups is 2. The Hall–Kier alpha value is -3.35. The van der Waals surface area contributed by atoms with Gasteiger partial charge in [-0.15, -0.1) is 11.3 Å². The molecule has 0 saturated carbocycles. The summed E-state index contributed by atoms with van der Waals surface area (Å²) in [5.41, 5.74) is 2.66. The molecule has 1 aromatic heterocycles. The van der Waals surface area contributed by atoms with Gasteiger partial charge < -0.3 is 15.2 Å². The number of para-hydroxylation sites is 1. The number of carboxylic acids is 1. The van der Waals surface area contributed by atoms with E-state index < -0.39 is 11.9 Å². The van der Waals surface area contributed by atoms with Gasteiger partial charge in [0.1, 0.15) is 16.3 Å². The van der Waals surface area contributed by atoms with Gasteiger partial charge in [-0.25, -0.2) is 4.79 Å². The highest BCUT2D eigenvalue weighted by Crippen LogP contribution is 2.37. The van der Waals surface area contributed by atoms with Crippen LogP contribution in [0.15, 0.2) is 72.3 Å². The highest BCUT2D eigenvalue weighted by atomic mass is 35.5. The number of thiophene rings is 1. The summed E-state index contributed by atoms with van der Waals surface area (Å²) in [6.45, 7) is 3.95. The maximum absolute atomic E-state index is 12.7. The predicted molar refractivity (Wildman–Crippen MR) is 115 cm³/mol. The third kappa shape index (κ3) is 3.68. The first-order valence-corrected chi connectivity index (χ1v) is 9.79. The summed E-state index contributed by atoms with van der Waals surface area (Å²) in [6.07, 6.45) is 1.53. The SMILES string of the molecule is C=C1C=C(C(=O)Nc2scc(-c3ccc(Cl)cc3)c2C(=O)O)Oc2ccccc21. The lowest BCUT2D eigenvalue weighted by Gasteiger charge is -2.18. The second-order valence-electron chi connectivity index (χ2n) is 6.25. The van der Waals surface area contributed by atoms with Crippen LogP contribution in [0, 0.1) is 0 Å². The van der Waals surface area contributed by atoms with E-state index in [1.54, 1.807) is 41.8 Å². The largest absolute Gasteiger partial charge is 0.478 e. The number of halogens is 1. The molecule has 2 heterocycles. The summed E-state index contributed by atoms with van der Waals surface area (Å²) in [4.78, 5) is 24.6. The fourth-order valence-electron chi connectivity index (χ4n) is 2.99. The van der Waals surface area contributed by atoms with E-state index >= 15 is 0 Å². The van der Waals surface area contributed by atoms with Crippen LogP contribution < -0.4 is 10.1 Å². The molecule has 144 valence electrons. The van der Waals surface area contributed by atoms with Crippen molar-refractivity contribution in [2.24, 2.45) is 0 Å². The molecule has 2 aromatic carbocycles. The molecule has 0 atom stereocenters. The summed E-state index contributed by atoms with van der Waals surface area (Å²) in [5, 5.41) is 14.8. The van der Waals surface area contributed by atoms with Crippen LogP contribution in [0.2, 0.25) is 5.02 Å². The maximum Gasteiger partial charge on any atom is 0.339 e. The molecule has 0 bridgehead atoms. The fourth-order valence-corrected chi connectivity index (χ4v) is 4.07. The van der Waals surface area contributed by atoms with Crippen LogP contribution in [0.5, 0.6) is 5.75 Å². The Kier molecular flexibility index (Phi) is 4.96. The van der Waals surface area contributed by atoms with Crippen molar-refractivity contribution in [1.82, 2.24) is 0 Å². The third-order valence-corrected chi connectivity index (χ3v) is 5.52. The van der Waals surface area contributed by atoms with Crippen LogP contribution >= 0.6 is 22.9 Å². The topological polar surface area (TPSA) is 75.6 Å². The average Bonchev–Trinajstić information content (AvgIpc) is 3.12. The van der Waals surface area contributed by atoms with Gasteiger partial charge in [0.15, 0.2) is 5.76 Å². The normalized spacial score (nSPS) is 12.6. The minimum Gasteiger partial charge on any atom is -0.478 e. The zero-order chi connectivity index (χ0) is 20.5. The number of aromatic carboxylic acids is 1. The number of carboxylic acid groups (broad SMARTS) is 1. The quantitative estimate of drug-likeness (QED) is 0.564. The zero-order valence-electron chi connectivity index (χ0n) is 14.9. The third-order valence-electron chi connectivity index (χ3n) is 4.37. The Morgan fingerprint density at radius 2 is 1.79 bits per heavy atom. The molecule has 0 aliphatic carbocycles. The van der Waals surface area contributed by atoms with E-state index in [1.165, 1.54) is 6.08 Å². The van der Waals surface area contributed by atoms with Crippen molar-refractivity contribution in [3.05, 3.63) is 88.5 Å². The van der Waals surface area contributed by atoms with E-state index in [2.05, 4.69) is 11.9 Å². The molecule has 1 aliphatic rings. The van der Waals surface area contributed by atoms with Crippen molar-refractivity contribution >= 4 is 45.4 Å². The molecule has 0 saturated heterocycles. The monoisotopic (exact) mass is 423 g/mol. The van der Waals surface area contributed by atoms with Crippen molar-refractivity contribution in [3.63, 3.8) is 0 Å². The molecule has 5 nitrogen and oxygen atoms in total. The Labute approximate surface area is 175 Å². The highest BCUT2D eigenvalue weighted by Gasteiger charge is 2.25. The second kappa shape index (κ2) is 7.58. The van der Waals surface area contributed by atoms with Gasteiger partial charge in [-0.2, -0.15) is 0 Å². The number of benzene rings is 2. The van der Waals surface area contributed by atoms with Gasteiger partial charge in [0.25, 0.3) is 5.91 Å². The van der Waals surface area contributed by atoms with Gasteiger partial charge in [0, 0.05) is 21.5 Å². The van der Waals surface area contributed by atoms with Crippen LogP contribution in [0.25, 0.3) is 16.7 Å². The zero-order valence-corrected chi connectivity index (χ0v) is 16.5. The highest BCUT2D eigenvalue weighted by molar-refractivity contribution is 7.15. The van der Waals surface area contributed by atoms with Gasteiger partial charge in [-0.1, -0.05) is 48.5 Å². The molecule has 4 rings (SSSR count). The van der Waals surface area contributed by atoms with E-state index in [4.69, 9.17) is 16.3 Å². The fraction of sp³-hybridized carbons (Fsp3) is 0. The number of allylic oxidation sites excluding steroid dienone is 2. The molecule has 3 aromatic rings. The molecule has 7 heteroatoms. The standard InChI is InChI=1S/C22H14ClNO4S/c1-12-10-18(28-17-5-3-2-4-15(12)17)20(25)24-21-19(22(26)27)16(11-29-21)13-6-8-14(23)9-7-13/h2-11H,1H2,(H,24,25)(H,26,27). The number of carbonyl (C=O) groups excluding carboxylic acids is 1. The number of ether oxygens (including phenoxy) is 1. The number of anilines is 1. The minimum absolute atomic E-state index is 0.0151. The van der Waals surface area contributed by atoms with Gasteiger partial charge in [0.2, 0.25) is 0 Å². The molecule has 0 unspecified atom stereocenters. The van der Waals surface area contributed by atoms with Crippen LogP contribution in [-0.4, -0.2) is 17.0 Å². The van der Waals surface area contributed by atoms with Gasteiger partial charge in [-0.3, -0.25) is 4.79 Å². The molecular formula is C22H14ClNO4S. The molecule has 0 spiro atoms. The minimum atomic E-state index is -1.14. The summed E-state index contributed by atoms with van der Waals surface area (Å²) >= 11 is 7.04. The summed E-state index contributed by atoms with van der Waals surface area (Å²) in [6, 6.07) is 14.1. The van der Waals surface area contributed by atoms with Crippen LogP contribution in [0.3, 0.4) is 0 Å². The Morgan fingerprint density at radius 3 is 2.52 bits per heavy atom. The molecule has 0 fully saturated rings. The molecular weight excluding hydrogens is 410 g/mol. The first kappa shape index (κ1) is 19.0. The van der Waals surface area contributed by atoms with Crippen LogP contribution in [0.4, 0.5) is 5.00 Å². The van der Waals surface area contributed by atoms with Crippen molar-refractivity contribution in [2.75, 3.05) is 5.32 Å².